The molecule has 20 heavy (non-hydrogen) atoms. The number of imidazole rings is 1. The largest absolute Gasteiger partial charge is 0.497 e. The Hall–Kier alpha value is -2.49. The molecule has 0 amide bonds. The highest BCUT2D eigenvalue weighted by atomic mass is 16.5. The molecular formula is C16H15N3O. The van der Waals surface area contributed by atoms with E-state index in [0.717, 1.165) is 35.6 Å². The van der Waals surface area contributed by atoms with Crippen molar-refractivity contribution in [3.8, 4) is 17.0 Å². The summed E-state index contributed by atoms with van der Waals surface area (Å²) in [6.07, 6.45) is 3.96. The molecular weight excluding hydrogens is 250 g/mol. The van der Waals surface area contributed by atoms with Crippen molar-refractivity contribution in [1.82, 2.24) is 9.38 Å². The Bertz CT molecular complexity index is 820. The fourth-order valence-corrected chi connectivity index (χ4v) is 2.94. The van der Waals surface area contributed by atoms with Crippen LogP contribution in [0.3, 0.4) is 0 Å². The first-order valence-electron chi connectivity index (χ1n) is 6.70. The van der Waals surface area contributed by atoms with Gasteiger partial charge in [-0.05, 0) is 42.7 Å². The first-order chi connectivity index (χ1) is 9.76. The van der Waals surface area contributed by atoms with Gasteiger partial charge >= 0.3 is 0 Å². The molecule has 1 aliphatic carbocycles. The van der Waals surface area contributed by atoms with E-state index in [2.05, 4.69) is 16.5 Å². The Labute approximate surface area is 116 Å². The van der Waals surface area contributed by atoms with Crippen molar-refractivity contribution in [2.45, 2.75) is 12.8 Å². The van der Waals surface area contributed by atoms with Crippen LogP contribution >= 0.6 is 0 Å². The molecule has 0 unspecified atom stereocenters. The molecule has 0 spiro atoms. The zero-order chi connectivity index (χ0) is 13.7. The van der Waals surface area contributed by atoms with Crippen molar-refractivity contribution in [1.29, 1.82) is 0 Å². The number of aryl methyl sites for hydroxylation is 2. The van der Waals surface area contributed by atoms with Gasteiger partial charge in [0.15, 0.2) is 0 Å². The molecule has 2 heterocycles. The zero-order valence-electron chi connectivity index (χ0n) is 11.3. The van der Waals surface area contributed by atoms with Gasteiger partial charge in [0.05, 0.1) is 18.5 Å². The summed E-state index contributed by atoms with van der Waals surface area (Å²) in [5, 5.41) is 0. The third-order valence-corrected chi connectivity index (χ3v) is 3.94. The molecule has 0 atom stereocenters. The van der Waals surface area contributed by atoms with Gasteiger partial charge in [-0.15, -0.1) is 0 Å². The second-order valence-electron chi connectivity index (χ2n) is 5.12. The number of anilines is 1. The summed E-state index contributed by atoms with van der Waals surface area (Å²) in [5.41, 5.74) is 12.4. The second-order valence-corrected chi connectivity index (χ2v) is 5.12. The van der Waals surface area contributed by atoms with E-state index in [-0.39, 0.29) is 0 Å². The maximum absolute atomic E-state index is 5.89. The van der Waals surface area contributed by atoms with Crippen LogP contribution in [-0.2, 0) is 12.8 Å². The summed E-state index contributed by atoms with van der Waals surface area (Å²) in [4.78, 5) is 4.76. The Morgan fingerprint density at radius 3 is 2.95 bits per heavy atom. The van der Waals surface area contributed by atoms with E-state index in [0.29, 0.717) is 0 Å². The van der Waals surface area contributed by atoms with Crippen molar-refractivity contribution < 1.29 is 4.74 Å². The normalized spacial score (nSPS) is 13.1. The Morgan fingerprint density at radius 2 is 2.10 bits per heavy atom. The number of hydrogen-bond donors (Lipinski definition) is 1. The molecule has 3 aromatic rings. The average molecular weight is 265 g/mol. The van der Waals surface area contributed by atoms with Gasteiger partial charge in [0.2, 0.25) is 0 Å². The van der Waals surface area contributed by atoms with E-state index >= 15 is 0 Å². The number of rotatable bonds is 1. The number of nitrogens with zero attached hydrogens (tertiary/aromatic N) is 2. The first-order valence-corrected chi connectivity index (χ1v) is 6.70. The molecule has 0 fully saturated rings. The molecule has 0 radical (unpaired) electrons. The lowest BCUT2D eigenvalue weighted by atomic mass is 9.92. The number of fused-ring (bicyclic) bond motifs is 5. The lowest BCUT2D eigenvalue weighted by Crippen LogP contribution is -2.06. The van der Waals surface area contributed by atoms with Gasteiger partial charge in [0.1, 0.15) is 11.4 Å². The number of nitrogens with two attached hydrogens (primary N) is 1. The van der Waals surface area contributed by atoms with E-state index < -0.39 is 0 Å². The Morgan fingerprint density at radius 1 is 1.20 bits per heavy atom. The van der Waals surface area contributed by atoms with Gasteiger partial charge in [0.25, 0.3) is 0 Å². The minimum atomic E-state index is 0.758. The predicted molar refractivity (Wildman–Crippen MR) is 79.0 cm³/mol. The van der Waals surface area contributed by atoms with Crippen molar-refractivity contribution in [2.24, 2.45) is 0 Å². The maximum atomic E-state index is 5.89. The van der Waals surface area contributed by atoms with Gasteiger partial charge in [-0.2, -0.15) is 0 Å². The van der Waals surface area contributed by atoms with Gasteiger partial charge in [0, 0.05) is 17.4 Å². The summed E-state index contributed by atoms with van der Waals surface area (Å²) in [7, 11) is 1.69. The second kappa shape index (κ2) is 4.00. The number of pyridine rings is 1. The van der Waals surface area contributed by atoms with Crippen LogP contribution in [0.4, 0.5) is 5.69 Å². The summed E-state index contributed by atoms with van der Waals surface area (Å²) in [6, 6.07) is 10.1. The van der Waals surface area contributed by atoms with Crippen LogP contribution in [0.15, 0.2) is 36.5 Å². The van der Waals surface area contributed by atoms with Crippen LogP contribution in [-0.4, -0.2) is 16.5 Å². The lowest BCUT2D eigenvalue weighted by Gasteiger charge is -2.16. The predicted octanol–water partition coefficient (Wildman–Crippen LogP) is 2.69. The average Bonchev–Trinajstić information content (AvgIpc) is 2.85. The summed E-state index contributed by atoms with van der Waals surface area (Å²) >= 11 is 0. The van der Waals surface area contributed by atoms with Crippen LogP contribution in [0, 0.1) is 0 Å². The van der Waals surface area contributed by atoms with Crippen LogP contribution in [0.2, 0.25) is 0 Å². The number of nitrogen functional groups attached to an aromatic ring is 1. The molecule has 4 nitrogen and oxygen atoms in total. The summed E-state index contributed by atoms with van der Waals surface area (Å²) < 4.78 is 7.44. The molecule has 0 aliphatic heterocycles. The van der Waals surface area contributed by atoms with Gasteiger partial charge in [-0.3, -0.25) is 0 Å². The van der Waals surface area contributed by atoms with Crippen LogP contribution in [0.5, 0.6) is 5.75 Å². The molecule has 4 heteroatoms. The fraction of sp³-hybridized carbons (Fsp3) is 0.188. The van der Waals surface area contributed by atoms with Crippen LogP contribution in [0.1, 0.15) is 11.3 Å². The van der Waals surface area contributed by atoms with E-state index in [1.54, 1.807) is 7.11 Å². The van der Waals surface area contributed by atoms with Gasteiger partial charge in [-0.25, -0.2) is 4.98 Å². The Balaban J connectivity index is 2.01. The van der Waals surface area contributed by atoms with Crippen molar-refractivity contribution in [3.05, 3.63) is 47.8 Å². The topological polar surface area (TPSA) is 52.5 Å². The molecule has 0 saturated carbocycles. The van der Waals surface area contributed by atoms with Crippen LogP contribution < -0.4 is 10.5 Å². The highest BCUT2D eigenvalue weighted by molar-refractivity contribution is 5.73. The van der Waals surface area contributed by atoms with Gasteiger partial charge in [-0.1, -0.05) is 6.07 Å². The molecule has 100 valence electrons. The minimum Gasteiger partial charge on any atom is -0.497 e. The SMILES string of the molecule is COc1ccc2c(c1)-c1nc3ccc(N)cn3c1CC2. The number of benzene rings is 1. The number of ether oxygens (including phenoxy) is 1. The fourth-order valence-electron chi connectivity index (χ4n) is 2.94. The Kier molecular flexibility index (Phi) is 2.27. The van der Waals surface area contributed by atoms with E-state index in [9.17, 15) is 0 Å². The monoisotopic (exact) mass is 265 g/mol. The summed E-state index contributed by atoms with van der Waals surface area (Å²) in [5.74, 6) is 0.869. The highest BCUT2D eigenvalue weighted by Crippen LogP contribution is 2.35. The third-order valence-electron chi connectivity index (χ3n) is 3.94. The maximum Gasteiger partial charge on any atom is 0.137 e. The molecule has 4 rings (SSSR count). The van der Waals surface area contributed by atoms with E-state index in [1.165, 1.54) is 16.8 Å². The highest BCUT2D eigenvalue weighted by Gasteiger charge is 2.22. The molecule has 2 aromatic heterocycles. The standard InChI is InChI=1S/C16H15N3O/c1-20-12-5-2-10-3-6-14-16(13(10)8-12)18-15-7-4-11(17)9-19(14)15/h2,4-5,7-9H,3,6,17H2,1H3. The quantitative estimate of drug-likeness (QED) is 0.736. The molecule has 0 saturated heterocycles. The van der Waals surface area contributed by atoms with Crippen molar-refractivity contribution >= 4 is 11.3 Å². The molecule has 1 aromatic carbocycles. The van der Waals surface area contributed by atoms with E-state index in [4.69, 9.17) is 15.5 Å². The minimum absolute atomic E-state index is 0.758. The van der Waals surface area contributed by atoms with Crippen molar-refractivity contribution in [3.63, 3.8) is 0 Å². The number of methoxy groups -OCH3 is 1. The third kappa shape index (κ3) is 1.51. The molecule has 1 aliphatic rings. The van der Waals surface area contributed by atoms with E-state index in [1.807, 2.05) is 24.4 Å². The molecule has 0 bridgehead atoms. The zero-order valence-corrected chi connectivity index (χ0v) is 11.3. The van der Waals surface area contributed by atoms with Crippen molar-refractivity contribution in [2.75, 3.05) is 12.8 Å². The lowest BCUT2D eigenvalue weighted by molar-refractivity contribution is 0.415. The smallest absolute Gasteiger partial charge is 0.137 e. The molecule has 2 N–H and O–H groups in total. The summed E-state index contributed by atoms with van der Waals surface area (Å²) in [6.45, 7) is 0. The van der Waals surface area contributed by atoms with Gasteiger partial charge < -0.3 is 14.9 Å². The number of hydrogen-bond acceptors (Lipinski definition) is 3. The number of aromatic nitrogens is 2. The first kappa shape index (κ1) is 11.3. The van der Waals surface area contributed by atoms with Crippen LogP contribution in [0.25, 0.3) is 16.9 Å².